The molecule has 1 saturated carbocycles. The van der Waals surface area contributed by atoms with Gasteiger partial charge in [-0.05, 0) is 50.3 Å². The van der Waals surface area contributed by atoms with Crippen molar-refractivity contribution in [1.29, 1.82) is 0 Å². The highest BCUT2D eigenvalue weighted by molar-refractivity contribution is 5.96. The van der Waals surface area contributed by atoms with E-state index in [1.165, 1.54) is 17.0 Å². The largest absolute Gasteiger partial charge is 0.481 e. The van der Waals surface area contributed by atoms with Gasteiger partial charge in [-0.3, -0.25) is 9.59 Å². The van der Waals surface area contributed by atoms with E-state index < -0.39 is 17.8 Å². The number of carbonyl (C=O) groups is 3. The second-order valence-corrected chi connectivity index (χ2v) is 6.80. The molecule has 1 heterocycles. The molecule has 0 aromatic heterocycles. The minimum absolute atomic E-state index is 0.0862. The van der Waals surface area contributed by atoms with Crippen LogP contribution in [-0.2, 0) is 9.59 Å². The van der Waals surface area contributed by atoms with Crippen LogP contribution in [0.1, 0.15) is 38.5 Å². The lowest BCUT2D eigenvalue weighted by Crippen LogP contribution is -2.41. The summed E-state index contributed by atoms with van der Waals surface area (Å²) in [6, 6.07) is 3.71. The van der Waals surface area contributed by atoms with Crippen LogP contribution in [0.4, 0.5) is 20.6 Å². The molecule has 3 rings (SSSR count). The van der Waals surface area contributed by atoms with E-state index in [9.17, 15) is 18.8 Å². The standard InChI is InChI=1S/C18H22FN3O4/c19-14-10-13(7-8-15(14)22-9-1-2-16(22)23)21-18(26)20-12-5-3-11(4-6-12)17(24)25/h7-8,10-12H,1-6,9H2,(H,24,25)(H2,20,21,26). The Morgan fingerprint density at radius 2 is 1.92 bits per heavy atom. The smallest absolute Gasteiger partial charge is 0.319 e. The molecule has 0 radical (unpaired) electrons. The summed E-state index contributed by atoms with van der Waals surface area (Å²) in [5.41, 5.74) is 0.528. The second kappa shape index (κ2) is 7.72. The van der Waals surface area contributed by atoms with Crippen molar-refractivity contribution in [2.24, 2.45) is 5.92 Å². The second-order valence-electron chi connectivity index (χ2n) is 6.80. The first-order chi connectivity index (χ1) is 12.4. The number of amides is 3. The summed E-state index contributed by atoms with van der Waals surface area (Å²) in [6.07, 6.45) is 3.42. The van der Waals surface area contributed by atoms with Gasteiger partial charge in [0.15, 0.2) is 0 Å². The first-order valence-electron chi connectivity index (χ1n) is 8.84. The van der Waals surface area contributed by atoms with Gasteiger partial charge in [0.25, 0.3) is 0 Å². The van der Waals surface area contributed by atoms with Gasteiger partial charge in [-0.15, -0.1) is 0 Å². The van der Waals surface area contributed by atoms with Gasteiger partial charge in [-0.2, -0.15) is 0 Å². The third-order valence-corrected chi connectivity index (χ3v) is 4.98. The predicted octanol–water partition coefficient (Wildman–Crippen LogP) is 2.72. The van der Waals surface area contributed by atoms with Gasteiger partial charge in [0, 0.05) is 24.7 Å². The van der Waals surface area contributed by atoms with Crippen LogP contribution in [0.15, 0.2) is 18.2 Å². The normalized spacial score (nSPS) is 23.0. The predicted molar refractivity (Wildman–Crippen MR) is 93.5 cm³/mol. The molecule has 0 spiro atoms. The zero-order valence-corrected chi connectivity index (χ0v) is 14.3. The van der Waals surface area contributed by atoms with E-state index in [1.807, 2.05) is 0 Å². The van der Waals surface area contributed by atoms with Crippen LogP contribution < -0.4 is 15.5 Å². The molecule has 1 aromatic rings. The Kier molecular flexibility index (Phi) is 5.39. The van der Waals surface area contributed by atoms with Crippen LogP contribution >= 0.6 is 0 Å². The molecule has 8 heteroatoms. The molecule has 3 N–H and O–H groups in total. The summed E-state index contributed by atoms with van der Waals surface area (Å²) in [4.78, 5) is 36.2. The van der Waals surface area contributed by atoms with Gasteiger partial charge in [0.1, 0.15) is 5.82 Å². The molecule has 2 aliphatic rings. The minimum atomic E-state index is -0.792. The number of benzene rings is 1. The molecule has 1 aromatic carbocycles. The first-order valence-corrected chi connectivity index (χ1v) is 8.84. The molecule has 0 bridgehead atoms. The number of hydrogen-bond acceptors (Lipinski definition) is 3. The van der Waals surface area contributed by atoms with E-state index in [2.05, 4.69) is 10.6 Å². The number of carbonyl (C=O) groups excluding carboxylic acids is 2. The van der Waals surface area contributed by atoms with Crippen molar-refractivity contribution in [3.8, 4) is 0 Å². The van der Waals surface area contributed by atoms with Crippen molar-refractivity contribution in [3.63, 3.8) is 0 Å². The number of urea groups is 1. The van der Waals surface area contributed by atoms with Crippen LogP contribution in [0.3, 0.4) is 0 Å². The molecular weight excluding hydrogens is 341 g/mol. The minimum Gasteiger partial charge on any atom is -0.481 e. The summed E-state index contributed by atoms with van der Waals surface area (Å²) in [6.45, 7) is 0.502. The van der Waals surface area contributed by atoms with Crippen LogP contribution in [0.25, 0.3) is 0 Å². The van der Waals surface area contributed by atoms with Crippen molar-refractivity contribution < 1.29 is 23.9 Å². The third kappa shape index (κ3) is 4.12. The fraction of sp³-hybridized carbons (Fsp3) is 0.500. The lowest BCUT2D eigenvalue weighted by molar-refractivity contribution is -0.142. The summed E-state index contributed by atoms with van der Waals surface area (Å²) >= 11 is 0. The number of carboxylic acid groups (broad SMARTS) is 1. The molecule has 0 atom stereocenters. The van der Waals surface area contributed by atoms with Gasteiger partial charge >= 0.3 is 12.0 Å². The Balaban J connectivity index is 1.54. The average molecular weight is 363 g/mol. The maximum atomic E-state index is 14.3. The molecule has 7 nitrogen and oxygen atoms in total. The number of nitrogens with one attached hydrogen (secondary N) is 2. The summed E-state index contributed by atoms with van der Waals surface area (Å²) in [5, 5.41) is 14.4. The van der Waals surface area contributed by atoms with Crippen molar-refractivity contribution in [2.45, 2.75) is 44.6 Å². The zero-order chi connectivity index (χ0) is 18.7. The lowest BCUT2D eigenvalue weighted by atomic mass is 9.86. The highest BCUT2D eigenvalue weighted by Gasteiger charge is 2.27. The maximum Gasteiger partial charge on any atom is 0.319 e. The molecule has 1 aliphatic carbocycles. The van der Waals surface area contributed by atoms with E-state index >= 15 is 0 Å². The monoisotopic (exact) mass is 363 g/mol. The topological polar surface area (TPSA) is 98.7 Å². The molecule has 140 valence electrons. The van der Waals surface area contributed by atoms with Gasteiger partial charge in [-0.25, -0.2) is 9.18 Å². The third-order valence-electron chi connectivity index (χ3n) is 4.98. The number of halogens is 1. The van der Waals surface area contributed by atoms with Crippen LogP contribution in [0, 0.1) is 11.7 Å². The van der Waals surface area contributed by atoms with Gasteiger partial charge in [0.05, 0.1) is 11.6 Å². The summed E-state index contributed by atoms with van der Waals surface area (Å²) < 4.78 is 14.3. The summed E-state index contributed by atoms with van der Waals surface area (Å²) in [7, 11) is 0. The van der Waals surface area contributed by atoms with E-state index in [0.717, 1.165) is 0 Å². The Morgan fingerprint density at radius 3 is 2.50 bits per heavy atom. The van der Waals surface area contributed by atoms with E-state index in [1.54, 1.807) is 6.07 Å². The van der Waals surface area contributed by atoms with Crippen LogP contribution in [-0.4, -0.2) is 35.6 Å². The Bertz CT molecular complexity index is 716. The number of anilines is 2. The maximum absolute atomic E-state index is 14.3. The van der Waals surface area contributed by atoms with Crippen molar-refractivity contribution in [1.82, 2.24) is 5.32 Å². The zero-order valence-electron chi connectivity index (χ0n) is 14.3. The fourth-order valence-electron chi connectivity index (χ4n) is 3.54. The molecule has 26 heavy (non-hydrogen) atoms. The van der Waals surface area contributed by atoms with Gasteiger partial charge in [-0.1, -0.05) is 0 Å². The SMILES string of the molecule is O=C(Nc1ccc(N2CCCC2=O)c(F)c1)NC1CCC(C(=O)O)CC1. The highest BCUT2D eigenvalue weighted by atomic mass is 19.1. The number of hydrogen-bond donors (Lipinski definition) is 3. The van der Waals surface area contributed by atoms with E-state index in [4.69, 9.17) is 5.11 Å². The van der Waals surface area contributed by atoms with Crippen molar-refractivity contribution >= 4 is 29.3 Å². The van der Waals surface area contributed by atoms with E-state index in [-0.39, 0.29) is 23.6 Å². The molecular formula is C18H22FN3O4. The first kappa shape index (κ1) is 18.2. The highest BCUT2D eigenvalue weighted by Crippen LogP contribution is 2.27. The van der Waals surface area contributed by atoms with Crippen LogP contribution in [0.5, 0.6) is 0 Å². The molecule has 1 saturated heterocycles. The number of nitrogens with zero attached hydrogens (tertiary/aromatic N) is 1. The quantitative estimate of drug-likeness (QED) is 0.766. The lowest BCUT2D eigenvalue weighted by Gasteiger charge is -2.26. The van der Waals surface area contributed by atoms with E-state index in [0.29, 0.717) is 50.8 Å². The number of carboxylic acids is 1. The molecule has 0 unspecified atom stereocenters. The summed E-state index contributed by atoms with van der Waals surface area (Å²) in [5.74, 6) is -1.79. The van der Waals surface area contributed by atoms with Crippen molar-refractivity contribution in [3.05, 3.63) is 24.0 Å². The molecule has 2 fully saturated rings. The number of aliphatic carboxylic acids is 1. The Labute approximate surface area is 150 Å². The average Bonchev–Trinajstić information content (AvgIpc) is 3.01. The van der Waals surface area contributed by atoms with Gasteiger partial charge in [0.2, 0.25) is 5.91 Å². The fourth-order valence-corrected chi connectivity index (χ4v) is 3.54. The molecule has 3 amide bonds. The number of rotatable bonds is 4. The van der Waals surface area contributed by atoms with Crippen molar-refractivity contribution in [2.75, 3.05) is 16.8 Å². The van der Waals surface area contributed by atoms with Gasteiger partial charge < -0.3 is 20.6 Å². The molecule has 1 aliphatic heterocycles. The Morgan fingerprint density at radius 1 is 1.19 bits per heavy atom. The van der Waals surface area contributed by atoms with Crippen LogP contribution in [0.2, 0.25) is 0 Å². The Hall–Kier alpha value is -2.64.